The predicted octanol–water partition coefficient (Wildman–Crippen LogP) is 5.55. The summed E-state index contributed by atoms with van der Waals surface area (Å²) in [5, 5.41) is 14.8. The van der Waals surface area contributed by atoms with Gasteiger partial charge in [0.1, 0.15) is 11.5 Å². The van der Waals surface area contributed by atoms with E-state index in [9.17, 15) is 9.90 Å². The summed E-state index contributed by atoms with van der Waals surface area (Å²) in [4.78, 5) is 21.9. The summed E-state index contributed by atoms with van der Waals surface area (Å²) in [6.45, 7) is 0.376. The lowest BCUT2D eigenvalue weighted by Crippen LogP contribution is -2.36. The Hall–Kier alpha value is -2.49. The van der Waals surface area contributed by atoms with Gasteiger partial charge < -0.3 is 24.8 Å². The minimum atomic E-state index is -0.929. The molecule has 1 aromatic heterocycles. The molecule has 1 aliphatic rings. The van der Waals surface area contributed by atoms with Gasteiger partial charge in [0, 0.05) is 47.2 Å². The van der Waals surface area contributed by atoms with E-state index in [1.807, 2.05) is 18.2 Å². The molecule has 0 spiro atoms. The van der Waals surface area contributed by atoms with Crippen LogP contribution in [0.4, 0.5) is 10.7 Å². The summed E-state index contributed by atoms with van der Waals surface area (Å²) in [5.74, 6) is 1.36. The van der Waals surface area contributed by atoms with Gasteiger partial charge in [-0.3, -0.25) is 0 Å². The van der Waals surface area contributed by atoms with Crippen LogP contribution in [0.2, 0.25) is 10.0 Å². The number of benzene rings is 2. The average molecular weight is 556 g/mol. The van der Waals surface area contributed by atoms with E-state index in [4.69, 9.17) is 32.7 Å². The van der Waals surface area contributed by atoms with Crippen molar-refractivity contribution in [3.05, 3.63) is 40.5 Å². The molecule has 2 N–H and O–H groups in total. The first-order valence-electron chi connectivity index (χ1n) is 10.1. The Balaban J connectivity index is 1.63. The molecule has 3 aromatic rings. The van der Waals surface area contributed by atoms with Crippen molar-refractivity contribution in [1.82, 2.24) is 14.9 Å². The number of anilines is 1. The minimum Gasteiger partial charge on any atom is -0.495 e. The largest absolute Gasteiger partial charge is 0.495 e. The third-order valence-corrected chi connectivity index (χ3v) is 7.11. The molecule has 0 bridgehead atoms. The number of halogens is 3. The fraction of sp³-hybridized carbons (Fsp3) is 0.318. The highest BCUT2D eigenvalue weighted by atomic mass is 79.9. The van der Waals surface area contributed by atoms with Crippen molar-refractivity contribution in [2.75, 3.05) is 31.4 Å². The van der Waals surface area contributed by atoms with Crippen molar-refractivity contribution in [1.29, 1.82) is 0 Å². The third-order valence-electron chi connectivity index (χ3n) is 5.61. The van der Waals surface area contributed by atoms with E-state index in [-0.39, 0.29) is 12.1 Å². The van der Waals surface area contributed by atoms with Crippen LogP contribution in [0.1, 0.15) is 6.42 Å². The van der Waals surface area contributed by atoms with Crippen LogP contribution in [0.3, 0.4) is 0 Å². The van der Waals surface area contributed by atoms with Gasteiger partial charge in [-0.2, -0.15) is 0 Å². The van der Waals surface area contributed by atoms with E-state index in [1.165, 1.54) is 19.1 Å². The summed E-state index contributed by atoms with van der Waals surface area (Å²) < 4.78 is 10.7. The number of rotatable bonds is 6. The number of hydrogen-bond acceptors (Lipinski definition) is 6. The average Bonchev–Trinajstić information content (AvgIpc) is 3.22. The normalized spacial score (nSPS) is 17.9. The van der Waals surface area contributed by atoms with Crippen molar-refractivity contribution in [2.45, 2.75) is 18.5 Å². The molecule has 2 heterocycles. The number of hydrogen-bond donors (Lipinski definition) is 2. The van der Waals surface area contributed by atoms with Crippen LogP contribution in [0, 0.1) is 0 Å². The standard InChI is InChI=1S/C22H21BrCl2N4O4/c1-32-16-7-17(33-2)20(25)18(19(16)24)11-3-4-15-12(5-11)9-26-21(28-15)27-13-6-14(8-23)29(10-13)22(30)31/h3-5,7,9,13-14H,6,8,10H2,1-2H3,(H,30,31)(H,26,27,28)/t13-,14-/m0/s1. The number of aromatic nitrogens is 2. The van der Waals surface area contributed by atoms with Gasteiger partial charge in [0.25, 0.3) is 0 Å². The highest BCUT2D eigenvalue weighted by Gasteiger charge is 2.34. The number of methoxy groups -OCH3 is 2. The number of likely N-dealkylation sites (tertiary alicyclic amines) is 1. The SMILES string of the molecule is COc1cc(OC)c(Cl)c(-c2ccc3nc(N[C@H]4C[C@@H](CBr)N(C(=O)O)C4)ncc3c2)c1Cl. The monoisotopic (exact) mass is 554 g/mol. The molecule has 8 nitrogen and oxygen atoms in total. The third kappa shape index (κ3) is 4.62. The number of ether oxygens (including phenoxy) is 2. The first-order chi connectivity index (χ1) is 15.9. The molecule has 0 aliphatic carbocycles. The zero-order chi connectivity index (χ0) is 23.7. The van der Waals surface area contributed by atoms with Gasteiger partial charge >= 0.3 is 6.09 Å². The van der Waals surface area contributed by atoms with Gasteiger partial charge in [-0.1, -0.05) is 45.2 Å². The van der Waals surface area contributed by atoms with Gasteiger partial charge in [0.15, 0.2) is 0 Å². The summed E-state index contributed by atoms with van der Waals surface area (Å²) in [6, 6.07) is 7.11. The predicted molar refractivity (Wildman–Crippen MR) is 132 cm³/mol. The number of alkyl halides is 1. The first-order valence-corrected chi connectivity index (χ1v) is 11.9. The summed E-state index contributed by atoms with van der Waals surface area (Å²) >= 11 is 16.5. The second-order valence-electron chi connectivity index (χ2n) is 7.57. The van der Waals surface area contributed by atoms with Gasteiger partial charge in [-0.15, -0.1) is 0 Å². The first kappa shape index (κ1) is 23.7. The number of nitrogens with zero attached hydrogens (tertiary/aromatic N) is 3. The molecule has 1 saturated heterocycles. The highest BCUT2D eigenvalue weighted by molar-refractivity contribution is 9.09. The van der Waals surface area contributed by atoms with Crippen LogP contribution in [-0.4, -0.2) is 64.2 Å². The topological polar surface area (TPSA) is 96.8 Å². The number of amides is 1. The van der Waals surface area contributed by atoms with Gasteiger partial charge in [-0.25, -0.2) is 14.8 Å². The summed E-state index contributed by atoms with van der Waals surface area (Å²) in [6.07, 6.45) is 1.45. The molecule has 11 heteroatoms. The molecule has 0 unspecified atom stereocenters. The molecular weight excluding hydrogens is 535 g/mol. The van der Waals surface area contributed by atoms with Crippen LogP contribution in [0.5, 0.6) is 11.5 Å². The van der Waals surface area contributed by atoms with Crippen molar-refractivity contribution in [3.63, 3.8) is 0 Å². The summed E-state index contributed by atoms with van der Waals surface area (Å²) in [5.41, 5.74) is 2.09. The number of carbonyl (C=O) groups is 1. The lowest BCUT2D eigenvalue weighted by atomic mass is 10.0. The number of nitrogens with one attached hydrogen (secondary N) is 1. The van der Waals surface area contributed by atoms with E-state index in [1.54, 1.807) is 12.3 Å². The van der Waals surface area contributed by atoms with Crippen molar-refractivity contribution in [2.24, 2.45) is 0 Å². The molecule has 0 saturated carbocycles. The van der Waals surface area contributed by atoms with Crippen molar-refractivity contribution in [3.8, 4) is 22.6 Å². The molecule has 2 aromatic carbocycles. The molecule has 0 radical (unpaired) electrons. The second-order valence-corrected chi connectivity index (χ2v) is 8.97. The maximum atomic E-state index is 11.4. The Bertz CT molecular complexity index is 1180. The van der Waals surface area contributed by atoms with E-state index in [0.29, 0.717) is 51.4 Å². The lowest BCUT2D eigenvalue weighted by Gasteiger charge is -2.18. The van der Waals surface area contributed by atoms with Gasteiger partial charge in [0.05, 0.1) is 29.8 Å². The fourth-order valence-corrected chi connectivity index (χ4v) is 5.31. The number of carboxylic acid groups (broad SMARTS) is 1. The molecule has 33 heavy (non-hydrogen) atoms. The van der Waals surface area contributed by atoms with E-state index in [0.717, 1.165) is 16.5 Å². The molecule has 174 valence electrons. The molecule has 1 fully saturated rings. The zero-order valence-electron chi connectivity index (χ0n) is 17.8. The fourth-order valence-electron chi connectivity index (χ4n) is 3.98. The molecule has 1 amide bonds. The second kappa shape index (κ2) is 9.79. The maximum Gasteiger partial charge on any atom is 0.407 e. The van der Waals surface area contributed by atoms with Crippen LogP contribution >= 0.6 is 39.1 Å². The van der Waals surface area contributed by atoms with Crippen molar-refractivity contribution < 1.29 is 19.4 Å². The molecule has 2 atom stereocenters. The van der Waals surface area contributed by atoms with Crippen molar-refractivity contribution >= 4 is 62.1 Å². The Morgan fingerprint density at radius 3 is 2.52 bits per heavy atom. The quantitative estimate of drug-likeness (QED) is 0.385. The Morgan fingerprint density at radius 2 is 1.94 bits per heavy atom. The lowest BCUT2D eigenvalue weighted by molar-refractivity contribution is 0.144. The van der Waals surface area contributed by atoms with Gasteiger partial charge in [-0.05, 0) is 24.1 Å². The summed E-state index contributed by atoms with van der Waals surface area (Å²) in [7, 11) is 3.06. The molecule has 4 rings (SSSR count). The maximum absolute atomic E-state index is 11.4. The van der Waals surface area contributed by atoms with Crippen LogP contribution in [0.15, 0.2) is 30.5 Å². The molecular formula is C22H21BrCl2N4O4. The zero-order valence-corrected chi connectivity index (χ0v) is 20.9. The van der Waals surface area contributed by atoms with E-state index >= 15 is 0 Å². The Kier molecular flexibility index (Phi) is 7.02. The molecule has 1 aliphatic heterocycles. The number of fused-ring (bicyclic) bond motifs is 1. The van der Waals surface area contributed by atoms with Crippen LogP contribution in [-0.2, 0) is 0 Å². The van der Waals surface area contributed by atoms with Crippen LogP contribution < -0.4 is 14.8 Å². The Morgan fingerprint density at radius 1 is 1.24 bits per heavy atom. The van der Waals surface area contributed by atoms with Gasteiger partial charge in [0.2, 0.25) is 5.95 Å². The van der Waals surface area contributed by atoms with E-state index in [2.05, 4.69) is 31.2 Å². The highest BCUT2D eigenvalue weighted by Crippen LogP contribution is 2.46. The minimum absolute atomic E-state index is 0.0674. The van der Waals surface area contributed by atoms with E-state index < -0.39 is 6.09 Å². The smallest absolute Gasteiger partial charge is 0.407 e. The Labute approximate surface area is 208 Å². The van der Waals surface area contributed by atoms with Crippen LogP contribution in [0.25, 0.3) is 22.0 Å².